The Kier molecular flexibility index (Phi) is 5.12. The molecule has 0 spiro atoms. The molecule has 0 unspecified atom stereocenters. The summed E-state index contributed by atoms with van der Waals surface area (Å²) in [6.07, 6.45) is 3.18. The lowest BCUT2D eigenvalue weighted by Crippen LogP contribution is -2.26. The largest absolute Gasteiger partial charge is 0.313 e. The van der Waals surface area contributed by atoms with Crippen molar-refractivity contribution in [3.63, 3.8) is 0 Å². The monoisotopic (exact) mass is 300 g/mol. The van der Waals surface area contributed by atoms with Gasteiger partial charge in [-0.1, -0.05) is 25.8 Å². The maximum atomic E-state index is 13.7. The zero-order chi connectivity index (χ0) is 14.6. The van der Waals surface area contributed by atoms with E-state index in [1.54, 1.807) is 6.07 Å². The van der Waals surface area contributed by atoms with Crippen molar-refractivity contribution in [3.8, 4) is 0 Å². The molecule has 2 rings (SSSR count). The van der Waals surface area contributed by atoms with Crippen LogP contribution in [0.2, 0.25) is 0 Å². The van der Waals surface area contributed by atoms with Crippen LogP contribution in [-0.2, 0) is 16.6 Å². The van der Waals surface area contributed by atoms with E-state index in [4.69, 9.17) is 0 Å². The minimum absolute atomic E-state index is 0.260. The minimum atomic E-state index is -3.76. The third kappa shape index (κ3) is 4.26. The molecule has 1 aromatic rings. The highest BCUT2D eigenvalue weighted by atomic mass is 32.2. The summed E-state index contributed by atoms with van der Waals surface area (Å²) in [6, 6.07) is 4.21. The van der Waals surface area contributed by atoms with Gasteiger partial charge in [-0.3, -0.25) is 0 Å². The second kappa shape index (κ2) is 6.65. The van der Waals surface area contributed by atoms with Gasteiger partial charge in [0.1, 0.15) is 10.7 Å². The second-order valence-electron chi connectivity index (χ2n) is 5.17. The second-order valence-corrected chi connectivity index (χ2v) is 6.91. The number of benzene rings is 1. The van der Waals surface area contributed by atoms with Crippen LogP contribution in [0.25, 0.3) is 0 Å². The molecule has 0 aliphatic heterocycles. The van der Waals surface area contributed by atoms with Crippen molar-refractivity contribution in [2.24, 2.45) is 5.92 Å². The molecule has 1 aromatic carbocycles. The molecule has 0 radical (unpaired) electrons. The van der Waals surface area contributed by atoms with Gasteiger partial charge in [0.15, 0.2) is 0 Å². The van der Waals surface area contributed by atoms with Crippen LogP contribution in [0.15, 0.2) is 23.1 Å². The average Bonchev–Trinajstić information content (AvgIpc) is 3.21. The quantitative estimate of drug-likeness (QED) is 0.772. The predicted octanol–water partition coefficient (Wildman–Crippen LogP) is 2.01. The highest BCUT2D eigenvalue weighted by molar-refractivity contribution is 7.89. The Balaban J connectivity index is 2.07. The topological polar surface area (TPSA) is 58.2 Å². The van der Waals surface area contributed by atoms with Gasteiger partial charge < -0.3 is 5.32 Å². The number of rotatable bonds is 8. The van der Waals surface area contributed by atoms with Gasteiger partial charge in [0.2, 0.25) is 10.0 Å². The van der Waals surface area contributed by atoms with Crippen LogP contribution < -0.4 is 10.0 Å². The molecule has 0 heterocycles. The van der Waals surface area contributed by atoms with Crippen molar-refractivity contribution in [2.75, 3.05) is 13.1 Å². The van der Waals surface area contributed by atoms with Crippen molar-refractivity contribution < 1.29 is 12.8 Å². The third-order valence-electron chi connectivity index (χ3n) is 3.41. The van der Waals surface area contributed by atoms with Crippen LogP contribution in [0.4, 0.5) is 4.39 Å². The molecule has 112 valence electrons. The smallest absolute Gasteiger partial charge is 0.243 e. The first kappa shape index (κ1) is 15.4. The van der Waals surface area contributed by atoms with E-state index < -0.39 is 15.8 Å². The molecule has 20 heavy (non-hydrogen) atoms. The van der Waals surface area contributed by atoms with Crippen molar-refractivity contribution in [1.29, 1.82) is 0 Å². The third-order valence-corrected chi connectivity index (χ3v) is 4.88. The van der Waals surface area contributed by atoms with Gasteiger partial charge >= 0.3 is 0 Å². The molecule has 1 saturated carbocycles. The average molecular weight is 300 g/mol. The van der Waals surface area contributed by atoms with Crippen LogP contribution in [0.5, 0.6) is 0 Å². The number of hydrogen-bond acceptors (Lipinski definition) is 3. The molecule has 0 amide bonds. The Morgan fingerprint density at radius 1 is 1.35 bits per heavy atom. The van der Waals surface area contributed by atoms with E-state index in [-0.39, 0.29) is 4.90 Å². The van der Waals surface area contributed by atoms with Gasteiger partial charge in [0.05, 0.1) is 0 Å². The molecule has 0 saturated heterocycles. The van der Waals surface area contributed by atoms with Crippen molar-refractivity contribution >= 4 is 10.0 Å². The summed E-state index contributed by atoms with van der Waals surface area (Å²) in [7, 11) is -3.76. The normalized spacial score (nSPS) is 15.5. The summed E-state index contributed by atoms with van der Waals surface area (Å²) < 4.78 is 40.4. The Labute approximate surface area is 119 Å². The molecular weight excluding hydrogens is 279 g/mol. The van der Waals surface area contributed by atoms with Crippen molar-refractivity contribution in [3.05, 3.63) is 29.6 Å². The first-order valence-corrected chi connectivity index (χ1v) is 8.50. The summed E-state index contributed by atoms with van der Waals surface area (Å²) in [5.74, 6) is -0.0631. The molecule has 4 nitrogen and oxygen atoms in total. The van der Waals surface area contributed by atoms with Gasteiger partial charge in [0.25, 0.3) is 0 Å². The molecular formula is C14H21FN2O2S. The highest BCUT2D eigenvalue weighted by Gasteiger charge is 2.23. The van der Waals surface area contributed by atoms with Crippen LogP contribution in [0.3, 0.4) is 0 Å². The molecule has 0 aromatic heterocycles. The predicted molar refractivity (Wildman–Crippen MR) is 76.3 cm³/mol. The molecule has 6 heteroatoms. The van der Waals surface area contributed by atoms with Gasteiger partial charge in [-0.05, 0) is 36.6 Å². The SMILES string of the molecule is CCNCc1ccc(F)c(S(=O)(=O)NCCC2CC2)c1. The van der Waals surface area contributed by atoms with Gasteiger partial charge in [-0.25, -0.2) is 17.5 Å². The number of sulfonamides is 1. The fraction of sp³-hybridized carbons (Fsp3) is 0.571. The maximum absolute atomic E-state index is 13.7. The summed E-state index contributed by atoms with van der Waals surface area (Å²) in [4.78, 5) is -0.260. The summed E-state index contributed by atoms with van der Waals surface area (Å²) in [6.45, 7) is 3.64. The summed E-state index contributed by atoms with van der Waals surface area (Å²) in [5.41, 5.74) is 0.760. The molecule has 2 N–H and O–H groups in total. The maximum Gasteiger partial charge on any atom is 0.243 e. The first-order chi connectivity index (χ1) is 9.53. The Morgan fingerprint density at radius 2 is 2.10 bits per heavy atom. The summed E-state index contributed by atoms with van der Waals surface area (Å²) in [5, 5.41) is 3.09. The van der Waals surface area contributed by atoms with E-state index in [0.29, 0.717) is 19.0 Å². The van der Waals surface area contributed by atoms with Crippen LogP contribution in [-0.4, -0.2) is 21.5 Å². The lowest BCUT2D eigenvalue weighted by Gasteiger charge is -2.09. The van der Waals surface area contributed by atoms with E-state index in [0.717, 1.165) is 18.5 Å². The van der Waals surface area contributed by atoms with Gasteiger partial charge in [-0.15, -0.1) is 0 Å². The molecule has 1 fully saturated rings. The van der Waals surface area contributed by atoms with E-state index in [9.17, 15) is 12.8 Å². The van der Waals surface area contributed by atoms with Crippen LogP contribution >= 0.6 is 0 Å². The molecule has 0 atom stereocenters. The van der Waals surface area contributed by atoms with E-state index in [1.165, 1.54) is 25.0 Å². The van der Waals surface area contributed by atoms with E-state index >= 15 is 0 Å². The van der Waals surface area contributed by atoms with Gasteiger partial charge in [0, 0.05) is 13.1 Å². The molecule has 1 aliphatic rings. The zero-order valence-electron chi connectivity index (χ0n) is 11.7. The molecule has 1 aliphatic carbocycles. The Bertz CT molecular complexity index is 556. The Hall–Kier alpha value is -0.980. The van der Waals surface area contributed by atoms with Crippen molar-refractivity contribution in [1.82, 2.24) is 10.0 Å². The standard InChI is InChI=1S/C14H21FN2O2S/c1-2-16-10-12-5-6-13(15)14(9-12)20(18,19)17-8-7-11-3-4-11/h5-6,9,11,16-17H,2-4,7-8,10H2,1H3. The Morgan fingerprint density at radius 3 is 2.75 bits per heavy atom. The number of nitrogens with one attached hydrogen (secondary N) is 2. The van der Waals surface area contributed by atoms with E-state index in [2.05, 4.69) is 10.0 Å². The summed E-state index contributed by atoms with van der Waals surface area (Å²) >= 11 is 0. The fourth-order valence-electron chi connectivity index (χ4n) is 2.01. The lowest BCUT2D eigenvalue weighted by molar-refractivity contribution is 0.552. The molecule has 0 bridgehead atoms. The van der Waals surface area contributed by atoms with Crippen LogP contribution in [0, 0.1) is 11.7 Å². The number of halogens is 1. The number of hydrogen-bond donors (Lipinski definition) is 2. The van der Waals surface area contributed by atoms with E-state index in [1.807, 2.05) is 6.92 Å². The van der Waals surface area contributed by atoms with Gasteiger partial charge in [-0.2, -0.15) is 0 Å². The van der Waals surface area contributed by atoms with Crippen molar-refractivity contribution in [2.45, 2.75) is 37.6 Å². The zero-order valence-corrected chi connectivity index (χ0v) is 12.5. The lowest BCUT2D eigenvalue weighted by atomic mass is 10.2. The fourth-order valence-corrected chi connectivity index (χ4v) is 3.19. The first-order valence-electron chi connectivity index (χ1n) is 7.01. The minimum Gasteiger partial charge on any atom is -0.313 e. The highest BCUT2D eigenvalue weighted by Crippen LogP contribution is 2.31. The van der Waals surface area contributed by atoms with Crippen LogP contribution in [0.1, 0.15) is 31.7 Å².